The Morgan fingerprint density at radius 2 is 1.75 bits per heavy atom. The highest BCUT2D eigenvalue weighted by atomic mass is 31.2. The summed E-state index contributed by atoms with van der Waals surface area (Å²) in [6, 6.07) is 12.6. The maximum absolute atomic E-state index is 11.7. The molecule has 2 aromatic carbocycles. The lowest BCUT2D eigenvalue weighted by Crippen LogP contribution is -2.33. The fourth-order valence-corrected chi connectivity index (χ4v) is 6.47. The number of aliphatic hydroxyl groups excluding tert-OH is 1. The molecule has 4 rings (SSSR count). The van der Waals surface area contributed by atoms with Gasteiger partial charge in [-0.25, -0.2) is 4.79 Å². The van der Waals surface area contributed by atoms with Gasteiger partial charge in [0.25, 0.3) is 10.6 Å². The summed E-state index contributed by atoms with van der Waals surface area (Å²) in [4.78, 5) is 64.8. The molecule has 17 nitrogen and oxygen atoms in total. The molecule has 0 aliphatic carbocycles. The molecule has 3 atom stereocenters. The second-order valence-corrected chi connectivity index (χ2v) is 13.8. The molecule has 0 saturated carbocycles. The predicted molar refractivity (Wildman–Crippen MR) is 156 cm³/mol. The van der Waals surface area contributed by atoms with E-state index in [-0.39, 0.29) is 18.6 Å². The minimum atomic E-state index is -5.50. The Hall–Kier alpha value is -3.59. The summed E-state index contributed by atoms with van der Waals surface area (Å²) < 4.78 is 34.7. The maximum Gasteiger partial charge on any atom is 0.369 e. The SMILES string of the molecule is COc1ccc(-c2cccc(CC(O)(P(=O)(O)O)P(=O)(O)O)c2)cc1.Cc1cn([C@H]2C[C@H](N=[N+]=[N-])[C@@H](CO)O2)c(=O)[nH]c1=O. The second-order valence-electron chi connectivity index (χ2n) is 9.77. The zero-order valence-corrected chi connectivity index (χ0v) is 25.2. The summed E-state index contributed by atoms with van der Waals surface area (Å²) in [7, 11) is -9.46. The van der Waals surface area contributed by atoms with Crippen LogP contribution < -0.4 is 16.0 Å². The number of H-pyrrole nitrogens is 1. The minimum absolute atomic E-state index is 0.169. The fraction of sp³-hybridized carbons (Fsp3) is 0.360. The number of azide groups is 1. The number of aromatic nitrogens is 2. The zero-order valence-electron chi connectivity index (χ0n) is 23.4. The number of methoxy groups -OCH3 is 1. The van der Waals surface area contributed by atoms with Gasteiger partial charge in [-0.15, -0.1) is 0 Å². The van der Waals surface area contributed by atoms with Crippen molar-refractivity contribution in [2.75, 3.05) is 13.7 Å². The summed E-state index contributed by atoms with van der Waals surface area (Å²) in [5.41, 5.74) is 9.34. The van der Waals surface area contributed by atoms with E-state index in [9.17, 15) is 43.4 Å². The summed E-state index contributed by atoms with van der Waals surface area (Å²) in [6.45, 7) is 1.26. The molecular weight excluding hydrogens is 624 g/mol. The largest absolute Gasteiger partial charge is 0.497 e. The van der Waals surface area contributed by atoms with Crippen LogP contribution in [0.3, 0.4) is 0 Å². The standard InChI is InChI=1S/C15H18O8P2.C10H13N5O4/c1-23-14-7-5-12(6-8-14)13-4-2-3-11(9-13)10-15(16,24(17,18)19)25(20,21)22;1-5-3-15(10(18)12-9(5)17)8-2-6(13-14-11)7(4-16)19-8/h2-9,16H,10H2,1H3,(H2,17,18,19)(H2,20,21,22);3,6-8,16H,2,4H2,1H3,(H,12,17,18)/t;6-,7+,8+/m.0/s1. The molecular formula is C25H31N5O12P2. The first-order chi connectivity index (χ1) is 20.5. The van der Waals surface area contributed by atoms with E-state index in [1.54, 1.807) is 43.3 Å². The minimum Gasteiger partial charge on any atom is -0.497 e. The second kappa shape index (κ2) is 14.0. The topological polar surface area (TPSA) is 278 Å². The van der Waals surface area contributed by atoms with Gasteiger partial charge >= 0.3 is 20.9 Å². The third kappa shape index (κ3) is 7.92. The first-order valence-electron chi connectivity index (χ1n) is 12.7. The van der Waals surface area contributed by atoms with E-state index in [1.807, 2.05) is 0 Å². The first-order valence-corrected chi connectivity index (χ1v) is 16.0. The summed E-state index contributed by atoms with van der Waals surface area (Å²) in [5.74, 6) is 0.650. The third-order valence-electron chi connectivity index (χ3n) is 6.76. The number of aliphatic hydroxyl groups is 2. The van der Waals surface area contributed by atoms with E-state index in [0.717, 1.165) is 5.56 Å². The van der Waals surface area contributed by atoms with Crippen LogP contribution in [-0.2, 0) is 20.3 Å². The van der Waals surface area contributed by atoms with E-state index in [0.29, 0.717) is 16.9 Å². The highest BCUT2D eigenvalue weighted by molar-refractivity contribution is 7.72. The molecule has 2 heterocycles. The lowest BCUT2D eigenvalue weighted by molar-refractivity contribution is -0.0271. The number of hydrogen-bond acceptors (Lipinski definition) is 9. The summed E-state index contributed by atoms with van der Waals surface area (Å²) >= 11 is 0. The Bertz CT molecular complexity index is 1700. The molecule has 1 saturated heterocycles. The summed E-state index contributed by atoms with van der Waals surface area (Å²) in [6.07, 6.45) is -0.568. The molecule has 1 aromatic heterocycles. The van der Waals surface area contributed by atoms with Gasteiger partial charge in [-0.1, -0.05) is 41.5 Å². The number of ether oxygens (including phenoxy) is 2. The predicted octanol–water partition coefficient (Wildman–Crippen LogP) is 1.71. The molecule has 44 heavy (non-hydrogen) atoms. The lowest BCUT2D eigenvalue weighted by atomic mass is 10.0. The highest BCUT2D eigenvalue weighted by Crippen LogP contribution is 2.68. The van der Waals surface area contributed by atoms with Crippen LogP contribution in [0.25, 0.3) is 21.6 Å². The van der Waals surface area contributed by atoms with Gasteiger partial charge < -0.3 is 39.3 Å². The van der Waals surface area contributed by atoms with Crippen molar-refractivity contribution in [1.29, 1.82) is 0 Å². The van der Waals surface area contributed by atoms with E-state index in [2.05, 4.69) is 15.0 Å². The molecule has 1 aliphatic rings. The normalized spacial score (nSPS) is 18.6. The quantitative estimate of drug-likeness (QED) is 0.0751. The molecule has 3 aromatic rings. The molecule has 0 unspecified atom stereocenters. The maximum atomic E-state index is 11.7. The molecule has 0 spiro atoms. The van der Waals surface area contributed by atoms with Crippen LogP contribution in [0.5, 0.6) is 5.75 Å². The number of nitrogens with zero attached hydrogens (tertiary/aromatic N) is 4. The number of nitrogens with one attached hydrogen (secondary N) is 1. The molecule has 0 radical (unpaired) electrons. The fourth-order valence-electron chi connectivity index (χ4n) is 4.33. The van der Waals surface area contributed by atoms with Crippen molar-refractivity contribution in [2.24, 2.45) is 5.11 Å². The van der Waals surface area contributed by atoms with Crippen LogP contribution in [0.15, 0.2) is 69.4 Å². The van der Waals surface area contributed by atoms with Crippen LogP contribution in [0.2, 0.25) is 0 Å². The molecule has 7 N–H and O–H groups in total. The molecule has 1 aliphatic heterocycles. The van der Waals surface area contributed by atoms with E-state index in [1.165, 1.54) is 30.0 Å². The number of rotatable bonds is 9. The van der Waals surface area contributed by atoms with Crippen molar-refractivity contribution < 1.29 is 48.4 Å². The zero-order chi connectivity index (χ0) is 32.9. The monoisotopic (exact) mass is 655 g/mol. The Labute approximate surface area is 249 Å². The first kappa shape index (κ1) is 34.9. The van der Waals surface area contributed by atoms with Crippen molar-refractivity contribution in [3.8, 4) is 16.9 Å². The van der Waals surface area contributed by atoms with Gasteiger partial charge in [0.05, 0.1) is 25.9 Å². The molecule has 1 fully saturated rings. The van der Waals surface area contributed by atoms with Crippen LogP contribution in [-0.4, -0.2) is 70.3 Å². The van der Waals surface area contributed by atoms with Crippen molar-refractivity contribution in [1.82, 2.24) is 9.55 Å². The van der Waals surface area contributed by atoms with Gasteiger partial charge in [-0.3, -0.25) is 23.5 Å². The lowest BCUT2D eigenvalue weighted by Gasteiger charge is -2.29. The van der Waals surface area contributed by atoms with E-state index in [4.69, 9.17) is 20.1 Å². The number of aromatic amines is 1. The van der Waals surface area contributed by atoms with Gasteiger partial charge in [0.1, 0.15) is 12.0 Å². The van der Waals surface area contributed by atoms with Crippen LogP contribution in [0, 0.1) is 6.92 Å². The average Bonchev–Trinajstić information content (AvgIpc) is 3.37. The van der Waals surface area contributed by atoms with Gasteiger partial charge in [-0.05, 0) is 41.3 Å². The van der Waals surface area contributed by atoms with Crippen molar-refractivity contribution >= 4 is 15.2 Å². The Morgan fingerprint density at radius 3 is 2.30 bits per heavy atom. The van der Waals surface area contributed by atoms with Gasteiger partial charge in [0, 0.05) is 29.5 Å². The third-order valence-corrected chi connectivity index (χ3v) is 10.5. The highest BCUT2D eigenvalue weighted by Gasteiger charge is 2.59. The summed E-state index contributed by atoms with van der Waals surface area (Å²) in [5, 5.41) is 19.2. The Balaban J connectivity index is 0.000000249. The van der Waals surface area contributed by atoms with Crippen LogP contribution in [0.4, 0.5) is 0 Å². The van der Waals surface area contributed by atoms with Gasteiger partial charge in [-0.2, -0.15) is 0 Å². The molecule has 0 bridgehead atoms. The van der Waals surface area contributed by atoms with Crippen LogP contribution in [0.1, 0.15) is 23.8 Å². The van der Waals surface area contributed by atoms with Crippen molar-refractivity contribution in [2.45, 2.75) is 43.2 Å². The average molecular weight is 655 g/mol. The van der Waals surface area contributed by atoms with Crippen LogP contribution >= 0.6 is 15.2 Å². The van der Waals surface area contributed by atoms with Gasteiger partial charge in [0.15, 0.2) is 0 Å². The Kier molecular flexibility index (Phi) is 11.1. The molecule has 19 heteroatoms. The van der Waals surface area contributed by atoms with E-state index >= 15 is 0 Å². The van der Waals surface area contributed by atoms with Crippen molar-refractivity contribution in [3.63, 3.8) is 0 Å². The Morgan fingerprint density at radius 1 is 1.11 bits per heavy atom. The number of benzene rings is 2. The molecule has 0 amide bonds. The van der Waals surface area contributed by atoms with Gasteiger partial charge in [0.2, 0.25) is 0 Å². The van der Waals surface area contributed by atoms with E-state index < -0.39 is 56.3 Å². The van der Waals surface area contributed by atoms with Crippen molar-refractivity contribution in [3.05, 3.63) is 97.1 Å². The molecule has 238 valence electrons. The number of hydrogen-bond donors (Lipinski definition) is 7. The smallest absolute Gasteiger partial charge is 0.369 e. The number of aryl methyl sites for hydroxylation is 1.